The van der Waals surface area contributed by atoms with E-state index in [1.54, 1.807) is 11.3 Å². The van der Waals surface area contributed by atoms with Crippen LogP contribution in [0.1, 0.15) is 22.3 Å². The number of carbonyl (C=O) groups excluding carboxylic acids is 1. The van der Waals surface area contributed by atoms with Crippen molar-refractivity contribution in [1.82, 2.24) is 0 Å². The summed E-state index contributed by atoms with van der Waals surface area (Å²) in [6, 6.07) is 7.91. The van der Waals surface area contributed by atoms with Gasteiger partial charge in [0.15, 0.2) is 5.78 Å². The molecule has 0 spiro atoms. The van der Waals surface area contributed by atoms with E-state index in [0.29, 0.717) is 6.42 Å². The van der Waals surface area contributed by atoms with Gasteiger partial charge >= 0.3 is 0 Å². The molecule has 2 aromatic rings. The van der Waals surface area contributed by atoms with Crippen molar-refractivity contribution < 1.29 is 4.79 Å². The molecule has 0 saturated heterocycles. The quantitative estimate of drug-likeness (QED) is 0.739. The average Bonchev–Trinajstić information content (AvgIpc) is 2.86. The van der Waals surface area contributed by atoms with Gasteiger partial charge in [-0.15, -0.1) is 11.3 Å². The van der Waals surface area contributed by atoms with Crippen LogP contribution in [0.25, 0.3) is 10.4 Å². The molecular formula is C13H9ClOS. The lowest BCUT2D eigenvalue weighted by Gasteiger charge is -2.02. The minimum absolute atomic E-state index is 0.263. The molecule has 0 N–H and O–H groups in total. The molecule has 1 aromatic carbocycles. The Morgan fingerprint density at radius 1 is 1.19 bits per heavy atom. The van der Waals surface area contributed by atoms with E-state index >= 15 is 0 Å². The highest BCUT2D eigenvalue weighted by Gasteiger charge is 2.19. The largest absolute Gasteiger partial charge is 0.294 e. The van der Waals surface area contributed by atoms with Crippen LogP contribution in [0.2, 0.25) is 5.02 Å². The third kappa shape index (κ3) is 1.49. The van der Waals surface area contributed by atoms with Crippen LogP contribution in [-0.4, -0.2) is 5.78 Å². The molecule has 16 heavy (non-hydrogen) atoms. The van der Waals surface area contributed by atoms with Gasteiger partial charge in [0.1, 0.15) is 0 Å². The molecule has 0 unspecified atom stereocenters. The van der Waals surface area contributed by atoms with E-state index in [-0.39, 0.29) is 5.78 Å². The fourth-order valence-corrected chi connectivity index (χ4v) is 3.26. The number of fused-ring (bicyclic) bond motifs is 1. The van der Waals surface area contributed by atoms with Gasteiger partial charge in [0.05, 0.1) is 9.90 Å². The standard InChI is InChI=1S/C13H9ClOS/c14-11-5-6-16-13(11)9-1-3-10-8(7-9)2-4-12(10)15/h1,3,5-7H,2,4H2. The first-order chi connectivity index (χ1) is 7.75. The predicted octanol–water partition coefficient (Wildman–Crippen LogP) is 4.20. The lowest BCUT2D eigenvalue weighted by molar-refractivity contribution is 0.0994. The Morgan fingerprint density at radius 2 is 2.06 bits per heavy atom. The van der Waals surface area contributed by atoms with Crippen LogP contribution in [0.3, 0.4) is 0 Å². The molecule has 0 amide bonds. The highest BCUT2D eigenvalue weighted by molar-refractivity contribution is 7.14. The summed E-state index contributed by atoms with van der Waals surface area (Å²) in [6.07, 6.45) is 1.52. The smallest absolute Gasteiger partial charge is 0.163 e. The van der Waals surface area contributed by atoms with Gasteiger partial charge < -0.3 is 0 Å². The minimum atomic E-state index is 0.263. The van der Waals surface area contributed by atoms with E-state index in [4.69, 9.17) is 11.6 Å². The zero-order chi connectivity index (χ0) is 11.1. The lowest BCUT2D eigenvalue weighted by Crippen LogP contribution is -1.90. The van der Waals surface area contributed by atoms with Crippen molar-refractivity contribution in [1.29, 1.82) is 0 Å². The highest BCUT2D eigenvalue weighted by atomic mass is 35.5. The van der Waals surface area contributed by atoms with Crippen molar-refractivity contribution in [3.05, 3.63) is 45.8 Å². The molecule has 0 saturated carbocycles. The summed E-state index contributed by atoms with van der Waals surface area (Å²) in [7, 11) is 0. The number of thiophene rings is 1. The Bertz CT molecular complexity index is 571. The lowest BCUT2D eigenvalue weighted by atomic mass is 10.1. The summed E-state index contributed by atoms with van der Waals surface area (Å²) in [5, 5.41) is 2.77. The number of rotatable bonds is 1. The van der Waals surface area contributed by atoms with E-state index in [1.807, 2.05) is 23.6 Å². The molecule has 0 atom stereocenters. The van der Waals surface area contributed by atoms with Crippen molar-refractivity contribution in [2.45, 2.75) is 12.8 Å². The third-order valence-electron chi connectivity index (χ3n) is 2.91. The molecule has 0 fully saturated rings. The molecule has 0 aliphatic heterocycles. The first-order valence-corrected chi connectivity index (χ1v) is 6.41. The van der Waals surface area contributed by atoms with Gasteiger partial charge in [-0.05, 0) is 35.1 Å². The van der Waals surface area contributed by atoms with Crippen molar-refractivity contribution in [3.63, 3.8) is 0 Å². The van der Waals surface area contributed by atoms with E-state index in [1.165, 1.54) is 0 Å². The SMILES string of the molecule is O=C1CCc2cc(-c3sccc3Cl)ccc21. The molecular weight excluding hydrogens is 240 g/mol. The molecule has 1 heterocycles. The van der Waals surface area contributed by atoms with E-state index in [9.17, 15) is 4.79 Å². The van der Waals surface area contributed by atoms with Gasteiger partial charge in [0.2, 0.25) is 0 Å². The zero-order valence-electron chi connectivity index (χ0n) is 8.50. The zero-order valence-corrected chi connectivity index (χ0v) is 10.1. The second kappa shape index (κ2) is 3.72. The topological polar surface area (TPSA) is 17.1 Å². The Kier molecular flexibility index (Phi) is 2.34. The number of aryl methyl sites for hydroxylation is 1. The fraction of sp³-hybridized carbons (Fsp3) is 0.154. The molecule has 3 heteroatoms. The van der Waals surface area contributed by atoms with E-state index < -0.39 is 0 Å². The summed E-state index contributed by atoms with van der Waals surface area (Å²) in [6.45, 7) is 0. The maximum absolute atomic E-state index is 11.5. The predicted molar refractivity (Wildman–Crippen MR) is 67.4 cm³/mol. The molecule has 0 bridgehead atoms. The van der Waals surface area contributed by atoms with Gasteiger partial charge in [-0.2, -0.15) is 0 Å². The normalized spacial score (nSPS) is 14.2. The third-order valence-corrected chi connectivity index (χ3v) is 4.30. The average molecular weight is 249 g/mol. The summed E-state index contributed by atoms with van der Waals surface area (Å²) in [4.78, 5) is 12.6. The second-order valence-electron chi connectivity index (χ2n) is 3.89. The number of Topliss-reactive ketones (excluding diaryl/α,β-unsaturated/α-hetero) is 1. The van der Waals surface area contributed by atoms with Crippen molar-refractivity contribution >= 4 is 28.7 Å². The number of halogens is 1. The van der Waals surface area contributed by atoms with Gasteiger partial charge in [0.25, 0.3) is 0 Å². The first-order valence-electron chi connectivity index (χ1n) is 5.15. The van der Waals surface area contributed by atoms with Crippen LogP contribution in [0.4, 0.5) is 0 Å². The molecule has 1 nitrogen and oxygen atoms in total. The fourth-order valence-electron chi connectivity index (χ4n) is 2.10. The monoisotopic (exact) mass is 248 g/mol. The van der Waals surface area contributed by atoms with Gasteiger partial charge in [-0.25, -0.2) is 0 Å². The summed E-state index contributed by atoms with van der Waals surface area (Å²) >= 11 is 7.73. The number of hydrogen-bond donors (Lipinski definition) is 0. The molecule has 0 radical (unpaired) electrons. The molecule has 1 aromatic heterocycles. The van der Waals surface area contributed by atoms with Crippen LogP contribution in [-0.2, 0) is 6.42 Å². The number of hydrogen-bond acceptors (Lipinski definition) is 2. The number of ketones is 1. The van der Waals surface area contributed by atoms with Crippen LogP contribution in [0.15, 0.2) is 29.6 Å². The van der Waals surface area contributed by atoms with Crippen molar-refractivity contribution in [3.8, 4) is 10.4 Å². The Balaban J connectivity index is 2.12. The van der Waals surface area contributed by atoms with E-state index in [0.717, 1.165) is 33.0 Å². The van der Waals surface area contributed by atoms with Gasteiger partial charge in [0, 0.05) is 12.0 Å². The molecule has 3 rings (SSSR count). The first kappa shape index (κ1) is 10.1. The van der Waals surface area contributed by atoms with Gasteiger partial charge in [-0.1, -0.05) is 23.7 Å². The maximum Gasteiger partial charge on any atom is 0.163 e. The van der Waals surface area contributed by atoms with Crippen LogP contribution in [0, 0.1) is 0 Å². The summed E-state index contributed by atoms with van der Waals surface area (Å²) in [5.74, 6) is 0.263. The minimum Gasteiger partial charge on any atom is -0.294 e. The highest BCUT2D eigenvalue weighted by Crippen LogP contribution is 2.35. The Labute approximate surface area is 103 Å². The number of benzene rings is 1. The summed E-state index contributed by atoms with van der Waals surface area (Å²) in [5.41, 5.74) is 3.16. The van der Waals surface area contributed by atoms with Crippen LogP contribution >= 0.6 is 22.9 Å². The van der Waals surface area contributed by atoms with Gasteiger partial charge in [-0.3, -0.25) is 4.79 Å². The van der Waals surface area contributed by atoms with Crippen molar-refractivity contribution in [2.24, 2.45) is 0 Å². The number of carbonyl (C=O) groups is 1. The molecule has 80 valence electrons. The van der Waals surface area contributed by atoms with Crippen molar-refractivity contribution in [2.75, 3.05) is 0 Å². The van der Waals surface area contributed by atoms with E-state index in [2.05, 4.69) is 6.07 Å². The van der Waals surface area contributed by atoms with Crippen LogP contribution in [0.5, 0.6) is 0 Å². The molecule has 1 aliphatic rings. The maximum atomic E-state index is 11.5. The Morgan fingerprint density at radius 3 is 2.81 bits per heavy atom. The Hall–Kier alpha value is -1.12. The summed E-state index contributed by atoms with van der Waals surface area (Å²) < 4.78 is 0. The molecule has 1 aliphatic carbocycles. The van der Waals surface area contributed by atoms with Crippen LogP contribution < -0.4 is 0 Å². The second-order valence-corrected chi connectivity index (χ2v) is 5.22.